The summed E-state index contributed by atoms with van der Waals surface area (Å²) in [5.74, 6) is 0.222. The van der Waals surface area contributed by atoms with Crippen LogP contribution in [0.4, 0.5) is 0 Å². The van der Waals surface area contributed by atoms with Crippen molar-refractivity contribution in [1.82, 2.24) is 19.5 Å². The smallest absolute Gasteiger partial charge is 0.270 e. The molecule has 0 aliphatic heterocycles. The molecular formula is C20H13N5O2S. The predicted octanol–water partition coefficient (Wildman–Crippen LogP) is 2.77. The summed E-state index contributed by atoms with van der Waals surface area (Å²) in [6.07, 6.45) is 1.47. The van der Waals surface area contributed by atoms with E-state index in [1.807, 2.05) is 30.3 Å². The number of fused-ring (bicyclic) bond motifs is 1. The fraction of sp³-hybridized carbons (Fsp3) is 0.0500. The average Bonchev–Trinajstić information content (AvgIpc) is 2.73. The van der Waals surface area contributed by atoms with Gasteiger partial charge in [0, 0.05) is 5.56 Å². The van der Waals surface area contributed by atoms with Gasteiger partial charge in [0.1, 0.15) is 11.6 Å². The van der Waals surface area contributed by atoms with Crippen molar-refractivity contribution in [2.45, 2.75) is 11.0 Å². The monoisotopic (exact) mass is 387 g/mol. The zero-order valence-corrected chi connectivity index (χ0v) is 15.3. The molecule has 4 rings (SSSR count). The van der Waals surface area contributed by atoms with Crippen molar-refractivity contribution in [1.29, 1.82) is 5.26 Å². The van der Waals surface area contributed by atoms with E-state index in [1.54, 1.807) is 30.3 Å². The normalized spacial score (nSPS) is 10.7. The Kier molecular flexibility index (Phi) is 4.74. The SMILES string of the molecule is N#Cc1c(-c2ccccc2)nc(SCn2cnc3ccccc3c2=O)[nH]c1=O. The fourth-order valence-electron chi connectivity index (χ4n) is 2.76. The predicted molar refractivity (Wildman–Crippen MR) is 107 cm³/mol. The topological polar surface area (TPSA) is 104 Å². The lowest BCUT2D eigenvalue weighted by atomic mass is 10.1. The molecule has 28 heavy (non-hydrogen) atoms. The number of aromatic amines is 1. The van der Waals surface area contributed by atoms with Gasteiger partial charge < -0.3 is 4.98 Å². The van der Waals surface area contributed by atoms with Gasteiger partial charge in [-0.2, -0.15) is 5.26 Å². The van der Waals surface area contributed by atoms with E-state index < -0.39 is 5.56 Å². The number of para-hydroxylation sites is 1. The van der Waals surface area contributed by atoms with Gasteiger partial charge in [-0.25, -0.2) is 9.97 Å². The minimum atomic E-state index is -0.511. The van der Waals surface area contributed by atoms with Crippen LogP contribution in [0.5, 0.6) is 0 Å². The minimum absolute atomic E-state index is 0.0416. The molecule has 0 aliphatic carbocycles. The van der Waals surface area contributed by atoms with Gasteiger partial charge in [-0.1, -0.05) is 54.2 Å². The molecule has 0 unspecified atom stereocenters. The Hall–Kier alpha value is -3.70. The summed E-state index contributed by atoms with van der Waals surface area (Å²) >= 11 is 1.19. The quantitative estimate of drug-likeness (QED) is 0.426. The fourth-order valence-corrected chi connectivity index (χ4v) is 3.52. The molecule has 0 saturated carbocycles. The van der Waals surface area contributed by atoms with Crippen molar-refractivity contribution in [2.24, 2.45) is 0 Å². The Balaban J connectivity index is 1.69. The first kappa shape index (κ1) is 17.7. The number of nitrogens with one attached hydrogen (secondary N) is 1. The molecule has 0 spiro atoms. The first-order valence-electron chi connectivity index (χ1n) is 8.34. The average molecular weight is 387 g/mol. The number of nitriles is 1. The lowest BCUT2D eigenvalue weighted by Gasteiger charge is -2.08. The van der Waals surface area contributed by atoms with E-state index in [0.717, 1.165) is 0 Å². The van der Waals surface area contributed by atoms with Crippen LogP contribution in [0.25, 0.3) is 22.2 Å². The number of hydrogen-bond acceptors (Lipinski definition) is 6. The van der Waals surface area contributed by atoms with Gasteiger partial charge in [0.2, 0.25) is 0 Å². The number of aromatic nitrogens is 4. The summed E-state index contributed by atoms with van der Waals surface area (Å²) in [6, 6.07) is 18.1. The van der Waals surface area contributed by atoms with E-state index in [9.17, 15) is 14.9 Å². The maximum Gasteiger partial charge on any atom is 0.270 e. The molecule has 7 nitrogen and oxygen atoms in total. The van der Waals surface area contributed by atoms with Gasteiger partial charge >= 0.3 is 0 Å². The highest BCUT2D eigenvalue weighted by atomic mass is 32.2. The first-order chi connectivity index (χ1) is 13.7. The zero-order valence-electron chi connectivity index (χ0n) is 14.5. The van der Waals surface area contributed by atoms with Crippen LogP contribution >= 0.6 is 11.8 Å². The molecule has 0 amide bonds. The summed E-state index contributed by atoms with van der Waals surface area (Å²) in [6.45, 7) is 0. The standard InChI is InChI=1S/C20H13N5O2S/c21-10-15-17(13-6-2-1-3-7-13)23-20(24-18(15)26)28-12-25-11-22-16-9-5-4-8-14(16)19(25)27/h1-9,11H,12H2,(H,23,24,26). The van der Waals surface area contributed by atoms with E-state index >= 15 is 0 Å². The molecule has 2 aromatic carbocycles. The lowest BCUT2D eigenvalue weighted by molar-refractivity contribution is 0.815. The van der Waals surface area contributed by atoms with Crippen molar-refractivity contribution in [3.05, 3.63) is 87.2 Å². The van der Waals surface area contributed by atoms with Crippen LogP contribution < -0.4 is 11.1 Å². The molecule has 1 N–H and O–H groups in total. The van der Waals surface area contributed by atoms with Crippen LogP contribution in [-0.2, 0) is 5.88 Å². The van der Waals surface area contributed by atoms with E-state index in [2.05, 4.69) is 15.0 Å². The Labute approximate surface area is 163 Å². The Bertz CT molecular complexity index is 1320. The molecule has 2 heterocycles. The molecule has 0 fully saturated rings. The first-order valence-corrected chi connectivity index (χ1v) is 9.33. The summed E-state index contributed by atoms with van der Waals surface area (Å²) in [7, 11) is 0. The highest BCUT2D eigenvalue weighted by Crippen LogP contribution is 2.22. The third-order valence-electron chi connectivity index (χ3n) is 4.13. The molecule has 0 radical (unpaired) electrons. The number of benzene rings is 2. The molecular weight excluding hydrogens is 374 g/mol. The van der Waals surface area contributed by atoms with Crippen LogP contribution in [0, 0.1) is 11.3 Å². The van der Waals surface area contributed by atoms with Crippen LogP contribution in [0.2, 0.25) is 0 Å². The number of H-pyrrole nitrogens is 1. The van der Waals surface area contributed by atoms with Crippen LogP contribution in [-0.4, -0.2) is 19.5 Å². The van der Waals surface area contributed by atoms with Gasteiger partial charge in [-0.3, -0.25) is 14.2 Å². The molecule has 0 aliphatic rings. The largest absolute Gasteiger partial charge is 0.300 e. The number of hydrogen-bond donors (Lipinski definition) is 1. The second-order valence-electron chi connectivity index (χ2n) is 5.88. The molecule has 0 atom stereocenters. The van der Waals surface area contributed by atoms with Crippen LogP contribution in [0.1, 0.15) is 5.56 Å². The number of rotatable bonds is 4. The maximum absolute atomic E-state index is 12.6. The summed E-state index contributed by atoms with van der Waals surface area (Å²) in [5, 5.41) is 10.2. The molecule has 0 bridgehead atoms. The van der Waals surface area contributed by atoms with Gasteiger partial charge in [-0.05, 0) is 12.1 Å². The van der Waals surface area contributed by atoms with Crippen molar-refractivity contribution in [3.8, 4) is 17.3 Å². The van der Waals surface area contributed by atoms with E-state index in [4.69, 9.17) is 0 Å². The molecule has 8 heteroatoms. The van der Waals surface area contributed by atoms with Gasteiger partial charge in [0.15, 0.2) is 5.16 Å². The van der Waals surface area contributed by atoms with Crippen molar-refractivity contribution in [2.75, 3.05) is 0 Å². The summed E-state index contributed by atoms with van der Waals surface area (Å²) in [4.78, 5) is 36.2. The van der Waals surface area contributed by atoms with E-state index in [1.165, 1.54) is 22.7 Å². The van der Waals surface area contributed by atoms with Crippen LogP contribution in [0.3, 0.4) is 0 Å². The highest BCUT2D eigenvalue weighted by Gasteiger charge is 2.14. The highest BCUT2D eigenvalue weighted by molar-refractivity contribution is 7.98. The van der Waals surface area contributed by atoms with E-state index in [-0.39, 0.29) is 17.0 Å². The Morgan fingerprint density at radius 2 is 1.82 bits per heavy atom. The summed E-state index contributed by atoms with van der Waals surface area (Å²) < 4.78 is 1.45. The number of thioether (sulfide) groups is 1. The molecule has 136 valence electrons. The van der Waals surface area contributed by atoms with Gasteiger partial charge in [-0.15, -0.1) is 0 Å². The Morgan fingerprint density at radius 1 is 1.07 bits per heavy atom. The molecule has 2 aromatic heterocycles. The van der Waals surface area contributed by atoms with Crippen molar-refractivity contribution < 1.29 is 0 Å². The number of nitrogens with zero attached hydrogens (tertiary/aromatic N) is 4. The molecule has 0 saturated heterocycles. The van der Waals surface area contributed by atoms with Crippen molar-refractivity contribution in [3.63, 3.8) is 0 Å². The second kappa shape index (κ2) is 7.50. The zero-order chi connectivity index (χ0) is 19.5. The molecule has 4 aromatic rings. The van der Waals surface area contributed by atoms with Crippen molar-refractivity contribution >= 4 is 22.7 Å². The lowest BCUT2D eigenvalue weighted by Crippen LogP contribution is -2.20. The van der Waals surface area contributed by atoms with Gasteiger partial charge in [0.05, 0.1) is 28.8 Å². The van der Waals surface area contributed by atoms with Crippen LogP contribution in [0.15, 0.2) is 75.7 Å². The van der Waals surface area contributed by atoms with E-state index in [0.29, 0.717) is 27.3 Å². The van der Waals surface area contributed by atoms with Gasteiger partial charge in [0.25, 0.3) is 11.1 Å². The maximum atomic E-state index is 12.6. The minimum Gasteiger partial charge on any atom is -0.300 e. The third kappa shape index (κ3) is 3.31. The Morgan fingerprint density at radius 3 is 2.61 bits per heavy atom. The second-order valence-corrected chi connectivity index (χ2v) is 6.82. The third-order valence-corrected chi connectivity index (χ3v) is 5.00. The summed E-state index contributed by atoms with van der Waals surface area (Å²) in [5.41, 5.74) is 0.903.